The predicted octanol–water partition coefficient (Wildman–Crippen LogP) is 5.79. The molecule has 0 atom stereocenters. The second-order valence-electron chi connectivity index (χ2n) is 4.17. The third-order valence-electron chi connectivity index (χ3n) is 2.71. The lowest BCUT2D eigenvalue weighted by molar-refractivity contribution is -0.137. The van der Waals surface area contributed by atoms with E-state index in [0.29, 0.717) is 26.2 Å². The number of alkyl halides is 3. The van der Waals surface area contributed by atoms with Gasteiger partial charge in [-0.25, -0.2) is 0 Å². The number of carbonyl (C=O) groups is 1. The summed E-state index contributed by atoms with van der Waals surface area (Å²) in [4.78, 5) is 12.8. The van der Waals surface area contributed by atoms with Gasteiger partial charge in [-0.15, -0.1) is 11.3 Å². The van der Waals surface area contributed by atoms with Gasteiger partial charge in [0.15, 0.2) is 5.78 Å². The van der Waals surface area contributed by atoms with Crippen LogP contribution in [-0.4, -0.2) is 5.78 Å². The highest BCUT2D eigenvalue weighted by Crippen LogP contribution is 2.37. The van der Waals surface area contributed by atoms with Gasteiger partial charge in [-0.1, -0.05) is 22.9 Å². The second-order valence-corrected chi connectivity index (χ2v) is 6.17. The van der Waals surface area contributed by atoms with Crippen molar-refractivity contribution in [3.8, 4) is 10.4 Å². The Kier molecular flexibility index (Phi) is 4.34. The minimum atomic E-state index is -4.39. The van der Waals surface area contributed by atoms with Gasteiger partial charge >= 0.3 is 6.18 Å². The van der Waals surface area contributed by atoms with Gasteiger partial charge in [-0.2, -0.15) is 13.2 Å². The third kappa shape index (κ3) is 3.30. The Bertz CT molecular complexity index is 646. The molecule has 106 valence electrons. The molecule has 1 aromatic carbocycles. The van der Waals surface area contributed by atoms with Crippen LogP contribution in [0.2, 0.25) is 0 Å². The van der Waals surface area contributed by atoms with E-state index < -0.39 is 11.7 Å². The van der Waals surface area contributed by atoms with E-state index in [1.165, 1.54) is 11.3 Å². The van der Waals surface area contributed by atoms with Crippen LogP contribution in [-0.2, 0) is 6.18 Å². The lowest BCUT2D eigenvalue weighted by Crippen LogP contribution is -2.04. The van der Waals surface area contributed by atoms with Crippen LogP contribution in [0.5, 0.6) is 0 Å². The summed E-state index contributed by atoms with van der Waals surface area (Å²) in [6.45, 7) is 1.75. The van der Waals surface area contributed by atoms with Crippen molar-refractivity contribution in [2.75, 3.05) is 0 Å². The van der Waals surface area contributed by atoms with E-state index in [1.807, 2.05) is 0 Å². The summed E-state index contributed by atoms with van der Waals surface area (Å²) in [7, 11) is 0. The summed E-state index contributed by atoms with van der Waals surface area (Å²) in [5, 5.41) is 0. The molecular weight excluding hydrogens is 353 g/mol. The second kappa shape index (κ2) is 5.69. The molecule has 1 nitrogen and oxygen atoms in total. The van der Waals surface area contributed by atoms with Gasteiger partial charge < -0.3 is 0 Å². The molecular formula is C14H10BrF3OS. The number of benzene rings is 1. The molecule has 0 saturated heterocycles. The summed E-state index contributed by atoms with van der Waals surface area (Å²) in [5.74, 6) is -0.00714. The van der Waals surface area contributed by atoms with E-state index in [-0.39, 0.29) is 5.78 Å². The van der Waals surface area contributed by atoms with Crippen molar-refractivity contribution in [3.05, 3.63) is 45.2 Å². The molecule has 2 rings (SSSR count). The van der Waals surface area contributed by atoms with E-state index >= 15 is 0 Å². The molecule has 0 N–H and O–H groups in total. The number of halogens is 4. The van der Waals surface area contributed by atoms with Crippen LogP contribution in [0.25, 0.3) is 10.4 Å². The molecule has 0 unspecified atom stereocenters. The number of hydrogen-bond acceptors (Lipinski definition) is 2. The summed E-state index contributed by atoms with van der Waals surface area (Å²) in [5.41, 5.74) is -0.259. The van der Waals surface area contributed by atoms with Crippen LogP contribution in [0.1, 0.15) is 28.6 Å². The minimum Gasteiger partial charge on any atom is -0.293 e. The van der Waals surface area contributed by atoms with E-state index in [4.69, 9.17) is 0 Å². The van der Waals surface area contributed by atoms with Gasteiger partial charge in [0.25, 0.3) is 0 Å². The molecule has 6 heteroatoms. The molecule has 0 radical (unpaired) electrons. The molecule has 0 amide bonds. The summed E-state index contributed by atoms with van der Waals surface area (Å²) >= 11 is 4.30. The minimum absolute atomic E-state index is 0.00714. The smallest absolute Gasteiger partial charge is 0.293 e. The quantitative estimate of drug-likeness (QED) is 0.631. The molecule has 0 aliphatic rings. The maximum Gasteiger partial charge on any atom is 0.416 e. The van der Waals surface area contributed by atoms with Gasteiger partial charge in [-0.05, 0) is 35.9 Å². The molecule has 1 heterocycles. The Balaban J connectivity index is 2.45. The van der Waals surface area contributed by atoms with Crippen LogP contribution in [0.4, 0.5) is 13.2 Å². The maximum atomic E-state index is 12.8. The third-order valence-corrected chi connectivity index (χ3v) is 4.34. The molecule has 20 heavy (non-hydrogen) atoms. The monoisotopic (exact) mass is 362 g/mol. The number of Topliss-reactive ketones (excluding diaryl/α,β-unsaturated/α-hetero) is 1. The fourth-order valence-electron chi connectivity index (χ4n) is 1.71. The first-order valence-electron chi connectivity index (χ1n) is 5.82. The first-order chi connectivity index (χ1) is 9.31. The van der Waals surface area contributed by atoms with Crippen molar-refractivity contribution in [2.24, 2.45) is 0 Å². The number of thiophene rings is 1. The Morgan fingerprint density at radius 1 is 1.25 bits per heavy atom. The summed E-state index contributed by atoms with van der Waals surface area (Å²) < 4.78 is 38.7. The summed E-state index contributed by atoms with van der Waals surface area (Å²) in [6.07, 6.45) is -4.01. The van der Waals surface area contributed by atoms with Crippen LogP contribution in [0.15, 0.2) is 34.8 Å². The summed E-state index contributed by atoms with van der Waals surface area (Å²) in [6, 6.07) is 7.07. The van der Waals surface area contributed by atoms with Gasteiger partial charge in [0.2, 0.25) is 0 Å². The van der Waals surface area contributed by atoms with Crippen molar-refractivity contribution >= 4 is 33.0 Å². The predicted molar refractivity (Wildman–Crippen MR) is 77.1 cm³/mol. The fraction of sp³-hybridized carbons (Fsp3) is 0.214. The Morgan fingerprint density at radius 3 is 2.55 bits per heavy atom. The normalized spacial score (nSPS) is 11.7. The van der Waals surface area contributed by atoms with Gasteiger partial charge in [0.05, 0.1) is 10.4 Å². The molecule has 0 aliphatic heterocycles. The molecule has 0 spiro atoms. The first-order valence-corrected chi connectivity index (χ1v) is 7.43. The van der Waals surface area contributed by atoms with Crippen molar-refractivity contribution in [1.29, 1.82) is 0 Å². The van der Waals surface area contributed by atoms with Crippen LogP contribution < -0.4 is 0 Å². The van der Waals surface area contributed by atoms with Gasteiger partial charge in [0.1, 0.15) is 0 Å². The Labute approximate surface area is 126 Å². The molecule has 1 aromatic heterocycles. The van der Waals surface area contributed by atoms with E-state index in [1.54, 1.807) is 25.1 Å². The van der Waals surface area contributed by atoms with E-state index in [0.717, 1.165) is 12.1 Å². The van der Waals surface area contributed by atoms with Gasteiger partial charge in [-0.3, -0.25) is 4.79 Å². The van der Waals surface area contributed by atoms with Crippen LogP contribution in [0, 0.1) is 0 Å². The zero-order chi connectivity index (χ0) is 14.9. The lowest BCUT2D eigenvalue weighted by atomic mass is 10.1. The SMILES string of the molecule is CCC(=O)c1ccc(-c2cc(Br)cc(C(F)(F)F)c2)s1. The molecule has 0 aliphatic carbocycles. The van der Waals surface area contributed by atoms with E-state index in [2.05, 4.69) is 15.9 Å². The Hall–Kier alpha value is -1.14. The zero-order valence-electron chi connectivity index (χ0n) is 10.4. The highest BCUT2D eigenvalue weighted by atomic mass is 79.9. The lowest BCUT2D eigenvalue weighted by Gasteiger charge is -2.09. The van der Waals surface area contributed by atoms with Crippen LogP contribution >= 0.6 is 27.3 Å². The molecule has 0 bridgehead atoms. The van der Waals surface area contributed by atoms with Crippen LogP contribution in [0.3, 0.4) is 0 Å². The van der Waals surface area contributed by atoms with Gasteiger partial charge in [0, 0.05) is 15.8 Å². The molecule has 2 aromatic rings. The average Bonchev–Trinajstić information content (AvgIpc) is 2.85. The number of hydrogen-bond donors (Lipinski definition) is 0. The zero-order valence-corrected chi connectivity index (χ0v) is 12.8. The molecule has 0 saturated carbocycles. The maximum absolute atomic E-state index is 12.8. The standard InChI is InChI=1S/C14H10BrF3OS/c1-2-11(19)13-4-3-12(20-13)8-5-9(14(16,17)18)7-10(15)6-8/h3-7H,2H2,1H3. The first kappa shape index (κ1) is 15.3. The van der Waals surface area contributed by atoms with Crippen molar-refractivity contribution < 1.29 is 18.0 Å². The van der Waals surface area contributed by atoms with Crippen molar-refractivity contribution in [1.82, 2.24) is 0 Å². The fourth-order valence-corrected chi connectivity index (χ4v) is 3.21. The number of carbonyl (C=O) groups excluding carboxylic acids is 1. The Morgan fingerprint density at radius 2 is 1.95 bits per heavy atom. The topological polar surface area (TPSA) is 17.1 Å². The largest absolute Gasteiger partial charge is 0.416 e. The van der Waals surface area contributed by atoms with E-state index in [9.17, 15) is 18.0 Å². The van der Waals surface area contributed by atoms with Crippen molar-refractivity contribution in [3.63, 3.8) is 0 Å². The highest BCUT2D eigenvalue weighted by molar-refractivity contribution is 9.10. The highest BCUT2D eigenvalue weighted by Gasteiger charge is 2.31. The number of rotatable bonds is 3. The molecule has 0 fully saturated rings. The average molecular weight is 363 g/mol. The number of ketones is 1. The van der Waals surface area contributed by atoms with Crippen molar-refractivity contribution in [2.45, 2.75) is 19.5 Å².